The Morgan fingerprint density at radius 2 is 1.97 bits per heavy atom. The first-order chi connectivity index (χ1) is 16.4. The zero-order chi connectivity index (χ0) is 23.9. The molecule has 0 saturated carbocycles. The molecule has 2 saturated heterocycles. The molecular formula is C24H24F2N4O4. The molecule has 4 heterocycles. The lowest BCUT2D eigenvalue weighted by Crippen LogP contribution is -2.57. The quantitative estimate of drug-likeness (QED) is 0.594. The minimum absolute atomic E-state index is 0.174. The number of carboxylic acid groups (broad SMARTS) is 1. The number of carboxylic acids is 1. The fourth-order valence-electron chi connectivity index (χ4n) is 4.89. The van der Waals surface area contributed by atoms with Gasteiger partial charge >= 0.3 is 5.97 Å². The number of fused-ring (bicyclic) bond motifs is 1. The Hall–Kier alpha value is -3.53. The van der Waals surface area contributed by atoms with E-state index in [9.17, 15) is 23.5 Å². The number of halogens is 2. The molecule has 2 N–H and O–H groups in total. The van der Waals surface area contributed by atoms with E-state index in [4.69, 9.17) is 4.74 Å². The van der Waals surface area contributed by atoms with E-state index in [1.54, 1.807) is 12.3 Å². The van der Waals surface area contributed by atoms with Crippen LogP contribution < -0.4 is 10.2 Å². The summed E-state index contributed by atoms with van der Waals surface area (Å²) in [7, 11) is 0. The smallest absolute Gasteiger partial charge is 0.329 e. The molecule has 2 aliphatic rings. The maximum Gasteiger partial charge on any atom is 0.329 e. The highest BCUT2D eigenvalue weighted by atomic mass is 19.1. The molecule has 34 heavy (non-hydrogen) atoms. The summed E-state index contributed by atoms with van der Waals surface area (Å²) >= 11 is 0. The number of hydrogen-bond acceptors (Lipinski definition) is 5. The number of anilines is 1. The van der Waals surface area contributed by atoms with Gasteiger partial charge < -0.3 is 20.1 Å². The Kier molecular flexibility index (Phi) is 5.68. The average Bonchev–Trinajstić information content (AvgIpc) is 3.48. The molecule has 3 aromatic rings. The number of rotatable bonds is 5. The maximum atomic E-state index is 14.5. The number of pyridine rings is 1. The molecule has 10 heteroatoms. The van der Waals surface area contributed by atoms with Gasteiger partial charge in [-0.05, 0) is 43.2 Å². The normalized spacial score (nSPS) is 19.9. The van der Waals surface area contributed by atoms with E-state index in [1.807, 2.05) is 11.0 Å². The first kappa shape index (κ1) is 22.3. The first-order valence-electron chi connectivity index (χ1n) is 11.2. The summed E-state index contributed by atoms with van der Waals surface area (Å²) in [5.41, 5.74) is 0.379. The van der Waals surface area contributed by atoms with Crippen LogP contribution in [0, 0.1) is 11.6 Å². The minimum Gasteiger partial charge on any atom is -0.480 e. The lowest BCUT2D eigenvalue weighted by Gasteiger charge is -2.33. The largest absolute Gasteiger partial charge is 0.480 e. The second-order valence-corrected chi connectivity index (χ2v) is 8.74. The number of ether oxygens (including phenoxy) is 1. The van der Waals surface area contributed by atoms with Gasteiger partial charge in [-0.3, -0.25) is 4.79 Å². The van der Waals surface area contributed by atoms with Crippen molar-refractivity contribution in [1.82, 2.24) is 14.9 Å². The predicted octanol–water partition coefficient (Wildman–Crippen LogP) is 3.32. The van der Waals surface area contributed by atoms with Gasteiger partial charge in [-0.25, -0.2) is 18.1 Å². The standard InChI is InChI=1S/C24H24F2N4O4/c25-15-3-4-19(26)17(12-15)20-2-1-8-29(20)16-5-9-30-21(13-16)18(14-27-30)22(31)28-24(23(32)33)6-10-34-11-7-24/h3-5,9,12-14,20H,1-2,6-8,10-11H2,(H,28,31)(H,32,33). The van der Waals surface area contributed by atoms with E-state index >= 15 is 0 Å². The van der Waals surface area contributed by atoms with Gasteiger partial charge in [0.15, 0.2) is 0 Å². The summed E-state index contributed by atoms with van der Waals surface area (Å²) in [6, 6.07) is 6.72. The zero-order valence-electron chi connectivity index (χ0n) is 18.3. The van der Waals surface area contributed by atoms with Gasteiger partial charge in [0.2, 0.25) is 0 Å². The molecule has 0 spiro atoms. The zero-order valence-corrected chi connectivity index (χ0v) is 18.3. The molecular weight excluding hydrogens is 446 g/mol. The second-order valence-electron chi connectivity index (χ2n) is 8.74. The van der Waals surface area contributed by atoms with Gasteiger partial charge in [0.25, 0.3) is 5.91 Å². The molecule has 178 valence electrons. The molecule has 5 rings (SSSR count). The summed E-state index contributed by atoms with van der Waals surface area (Å²) in [4.78, 5) is 27.1. The molecule has 0 radical (unpaired) electrons. The molecule has 2 aliphatic heterocycles. The van der Waals surface area contributed by atoms with Crippen molar-refractivity contribution in [3.8, 4) is 0 Å². The van der Waals surface area contributed by atoms with Gasteiger partial charge in [0.05, 0.1) is 23.3 Å². The van der Waals surface area contributed by atoms with Crippen molar-refractivity contribution in [2.45, 2.75) is 37.3 Å². The van der Waals surface area contributed by atoms with Crippen molar-refractivity contribution in [2.24, 2.45) is 0 Å². The van der Waals surface area contributed by atoms with Gasteiger partial charge in [-0.15, -0.1) is 0 Å². The van der Waals surface area contributed by atoms with Crippen molar-refractivity contribution in [3.05, 3.63) is 65.5 Å². The average molecular weight is 470 g/mol. The Balaban J connectivity index is 1.47. The topological polar surface area (TPSA) is 96.2 Å². The van der Waals surface area contributed by atoms with Crippen molar-refractivity contribution in [2.75, 3.05) is 24.7 Å². The highest BCUT2D eigenvalue weighted by Crippen LogP contribution is 2.38. The summed E-state index contributed by atoms with van der Waals surface area (Å²) < 4.78 is 35.1. The number of hydrogen-bond donors (Lipinski definition) is 2. The summed E-state index contributed by atoms with van der Waals surface area (Å²) in [5.74, 6) is -2.59. The van der Waals surface area contributed by atoms with E-state index in [2.05, 4.69) is 10.4 Å². The third kappa shape index (κ3) is 3.87. The number of aliphatic carboxylic acids is 1. The minimum atomic E-state index is -1.39. The molecule has 2 aromatic heterocycles. The van der Waals surface area contributed by atoms with Crippen molar-refractivity contribution >= 4 is 23.1 Å². The van der Waals surface area contributed by atoms with E-state index in [1.165, 1.54) is 16.8 Å². The van der Waals surface area contributed by atoms with Crippen molar-refractivity contribution in [3.63, 3.8) is 0 Å². The van der Waals surface area contributed by atoms with Crippen LogP contribution in [0.4, 0.5) is 14.5 Å². The molecule has 0 bridgehead atoms. The molecule has 2 fully saturated rings. The van der Waals surface area contributed by atoms with Gasteiger partial charge in [0, 0.05) is 50.0 Å². The third-order valence-electron chi connectivity index (χ3n) is 6.76. The third-order valence-corrected chi connectivity index (χ3v) is 6.76. The number of benzene rings is 1. The Morgan fingerprint density at radius 3 is 2.74 bits per heavy atom. The number of carbonyl (C=O) groups is 2. The van der Waals surface area contributed by atoms with E-state index < -0.39 is 29.0 Å². The second kappa shape index (κ2) is 8.68. The first-order valence-corrected chi connectivity index (χ1v) is 11.2. The van der Waals surface area contributed by atoms with Crippen LogP contribution in [0.15, 0.2) is 42.7 Å². The van der Waals surface area contributed by atoms with Crippen LogP contribution in [0.3, 0.4) is 0 Å². The van der Waals surface area contributed by atoms with Gasteiger partial charge in [-0.1, -0.05) is 0 Å². The fraction of sp³-hybridized carbons (Fsp3) is 0.375. The molecule has 1 amide bonds. The van der Waals surface area contributed by atoms with Crippen LogP contribution >= 0.6 is 0 Å². The summed E-state index contributed by atoms with van der Waals surface area (Å²) in [5, 5.41) is 16.7. The summed E-state index contributed by atoms with van der Waals surface area (Å²) in [6.07, 6.45) is 4.92. The van der Waals surface area contributed by atoms with Crippen molar-refractivity contribution in [1.29, 1.82) is 0 Å². The van der Waals surface area contributed by atoms with Crippen molar-refractivity contribution < 1.29 is 28.2 Å². The van der Waals surface area contributed by atoms with Crippen LogP contribution in [0.25, 0.3) is 5.52 Å². The van der Waals surface area contributed by atoms with Gasteiger partial charge in [-0.2, -0.15) is 5.10 Å². The Morgan fingerprint density at radius 1 is 1.18 bits per heavy atom. The number of amides is 1. The Bertz CT molecular complexity index is 1250. The molecule has 8 nitrogen and oxygen atoms in total. The number of carbonyl (C=O) groups excluding carboxylic acids is 1. The lowest BCUT2D eigenvalue weighted by atomic mass is 9.90. The van der Waals surface area contributed by atoms with E-state index in [-0.39, 0.29) is 37.7 Å². The lowest BCUT2D eigenvalue weighted by molar-refractivity contribution is -0.148. The predicted molar refractivity (Wildman–Crippen MR) is 119 cm³/mol. The molecule has 1 atom stereocenters. The number of aromatic nitrogens is 2. The highest BCUT2D eigenvalue weighted by Gasteiger charge is 2.42. The van der Waals surface area contributed by atoms with Gasteiger partial charge in [0.1, 0.15) is 17.2 Å². The van der Waals surface area contributed by atoms with Crippen LogP contribution in [0.5, 0.6) is 0 Å². The molecule has 1 unspecified atom stereocenters. The van der Waals surface area contributed by atoms with Crippen LogP contribution in [-0.4, -0.2) is 51.9 Å². The van der Waals surface area contributed by atoms with Crippen LogP contribution in [-0.2, 0) is 9.53 Å². The molecule has 0 aliphatic carbocycles. The van der Waals surface area contributed by atoms with E-state index in [0.717, 1.165) is 24.2 Å². The van der Waals surface area contributed by atoms with Crippen LogP contribution in [0.1, 0.15) is 47.6 Å². The SMILES string of the molecule is O=C(NC1(C(=O)O)CCOCC1)c1cnn2ccc(N3CCCC3c3cc(F)ccc3F)cc12. The summed E-state index contributed by atoms with van der Waals surface area (Å²) in [6.45, 7) is 1.14. The number of nitrogens with zero attached hydrogens (tertiary/aromatic N) is 3. The Labute approximate surface area is 194 Å². The highest BCUT2D eigenvalue weighted by molar-refractivity contribution is 6.03. The number of nitrogens with one attached hydrogen (secondary N) is 1. The monoisotopic (exact) mass is 470 g/mol. The maximum absolute atomic E-state index is 14.5. The van der Waals surface area contributed by atoms with E-state index in [0.29, 0.717) is 24.0 Å². The molecule has 1 aromatic carbocycles. The fourth-order valence-corrected chi connectivity index (χ4v) is 4.89. The van der Waals surface area contributed by atoms with Crippen LogP contribution in [0.2, 0.25) is 0 Å².